The summed E-state index contributed by atoms with van der Waals surface area (Å²) in [7, 11) is 0. The van der Waals surface area contributed by atoms with Gasteiger partial charge in [-0.1, -0.05) is 38.5 Å². The first kappa shape index (κ1) is 14.2. The molecule has 0 fully saturated rings. The minimum atomic E-state index is -0.202. The van der Waals surface area contributed by atoms with E-state index >= 15 is 0 Å². The van der Waals surface area contributed by atoms with Crippen LogP contribution >= 0.6 is 23.2 Å². The Labute approximate surface area is 97.2 Å². The predicted octanol–water partition coefficient (Wildman–Crippen LogP) is 4.50. The molecule has 0 aromatic rings. The van der Waals surface area contributed by atoms with Gasteiger partial charge in [-0.3, -0.25) is 4.79 Å². The van der Waals surface area contributed by atoms with Crippen LogP contribution in [0.25, 0.3) is 0 Å². The Morgan fingerprint density at radius 1 is 0.786 bits per heavy atom. The fraction of sp³-hybridized carbons (Fsp3) is 0.909. The maximum absolute atomic E-state index is 10.4. The summed E-state index contributed by atoms with van der Waals surface area (Å²) in [6, 6.07) is 0. The Bertz CT molecular complexity index is 137. The van der Waals surface area contributed by atoms with E-state index in [9.17, 15) is 4.79 Å². The lowest BCUT2D eigenvalue weighted by Gasteiger charge is -2.00. The highest BCUT2D eigenvalue weighted by molar-refractivity contribution is 6.63. The minimum Gasteiger partial charge on any atom is -0.281 e. The molecule has 0 aromatic heterocycles. The van der Waals surface area contributed by atoms with Crippen molar-refractivity contribution in [3.63, 3.8) is 0 Å². The molecule has 0 aromatic carbocycles. The Hall–Kier alpha value is 0.250. The Balaban J connectivity index is 2.88. The molecule has 0 spiro atoms. The summed E-state index contributed by atoms with van der Waals surface area (Å²) in [6.45, 7) is 0. The fourth-order valence-electron chi connectivity index (χ4n) is 1.42. The first-order valence-corrected chi connectivity index (χ1v) is 6.43. The fourth-order valence-corrected chi connectivity index (χ4v) is 1.74. The number of hydrogen-bond acceptors (Lipinski definition) is 1. The van der Waals surface area contributed by atoms with E-state index in [2.05, 4.69) is 0 Å². The second-order valence-electron chi connectivity index (χ2n) is 3.62. The van der Waals surface area contributed by atoms with E-state index in [0.29, 0.717) is 6.42 Å². The summed E-state index contributed by atoms with van der Waals surface area (Å²) >= 11 is 10.8. The van der Waals surface area contributed by atoms with Gasteiger partial charge in [-0.15, -0.1) is 11.6 Å². The van der Waals surface area contributed by atoms with Gasteiger partial charge in [0.05, 0.1) is 0 Å². The van der Waals surface area contributed by atoms with Crippen LogP contribution in [0.1, 0.15) is 57.8 Å². The summed E-state index contributed by atoms with van der Waals surface area (Å²) < 4.78 is 0. The van der Waals surface area contributed by atoms with Gasteiger partial charge < -0.3 is 0 Å². The molecule has 0 saturated carbocycles. The predicted molar refractivity (Wildman–Crippen MR) is 63.1 cm³/mol. The third kappa shape index (κ3) is 12.2. The van der Waals surface area contributed by atoms with Crippen molar-refractivity contribution in [3.8, 4) is 0 Å². The Morgan fingerprint density at radius 3 is 1.64 bits per heavy atom. The van der Waals surface area contributed by atoms with Crippen LogP contribution in [0.3, 0.4) is 0 Å². The van der Waals surface area contributed by atoms with Crippen LogP contribution in [0.15, 0.2) is 0 Å². The molecule has 0 rings (SSSR count). The van der Waals surface area contributed by atoms with Gasteiger partial charge in [0.25, 0.3) is 0 Å². The molecule has 0 N–H and O–H groups in total. The van der Waals surface area contributed by atoms with Crippen molar-refractivity contribution in [2.45, 2.75) is 57.8 Å². The van der Waals surface area contributed by atoms with E-state index in [1.165, 1.54) is 32.1 Å². The number of halogens is 2. The second-order valence-corrected chi connectivity index (χ2v) is 4.42. The third-order valence-electron chi connectivity index (χ3n) is 2.26. The van der Waals surface area contributed by atoms with Gasteiger partial charge in [0.2, 0.25) is 5.24 Å². The van der Waals surface area contributed by atoms with E-state index in [4.69, 9.17) is 23.2 Å². The van der Waals surface area contributed by atoms with Gasteiger partial charge in [-0.2, -0.15) is 0 Å². The summed E-state index contributed by atoms with van der Waals surface area (Å²) in [5.74, 6) is 0.790. The van der Waals surface area contributed by atoms with Crippen molar-refractivity contribution >= 4 is 28.4 Å². The lowest BCUT2D eigenvalue weighted by atomic mass is 10.1. The molecular formula is C11H20Cl2O. The third-order valence-corrected chi connectivity index (χ3v) is 2.71. The summed E-state index contributed by atoms with van der Waals surface area (Å²) in [6.07, 6.45) is 10.1. The summed E-state index contributed by atoms with van der Waals surface area (Å²) in [4.78, 5) is 10.4. The minimum absolute atomic E-state index is 0.202. The zero-order valence-electron chi connectivity index (χ0n) is 8.74. The van der Waals surface area contributed by atoms with Gasteiger partial charge in [0, 0.05) is 12.3 Å². The highest BCUT2D eigenvalue weighted by Crippen LogP contribution is 2.10. The highest BCUT2D eigenvalue weighted by atomic mass is 35.5. The number of unbranched alkanes of at least 4 members (excludes halogenated alkanes) is 7. The average molecular weight is 239 g/mol. The van der Waals surface area contributed by atoms with E-state index in [0.717, 1.165) is 25.1 Å². The van der Waals surface area contributed by atoms with E-state index in [1.54, 1.807) is 0 Å². The van der Waals surface area contributed by atoms with Crippen LogP contribution in [-0.2, 0) is 4.79 Å². The standard InChI is InChI=1S/C11H20Cl2O/c12-10-8-6-4-2-1-3-5-7-9-11(13)14/h1-10H2. The normalized spacial score (nSPS) is 10.4. The number of carbonyl (C=O) groups is 1. The maximum Gasteiger partial charge on any atom is 0.221 e. The van der Waals surface area contributed by atoms with Crippen molar-refractivity contribution in [1.82, 2.24) is 0 Å². The zero-order chi connectivity index (χ0) is 10.6. The molecule has 0 unspecified atom stereocenters. The molecule has 0 heterocycles. The van der Waals surface area contributed by atoms with Gasteiger partial charge in [0.15, 0.2) is 0 Å². The quantitative estimate of drug-likeness (QED) is 0.311. The lowest BCUT2D eigenvalue weighted by Crippen LogP contribution is -1.86. The molecule has 0 aliphatic heterocycles. The van der Waals surface area contributed by atoms with E-state index in [1.807, 2.05) is 0 Å². The molecular weight excluding hydrogens is 219 g/mol. The molecule has 0 aliphatic rings. The summed E-state index contributed by atoms with van der Waals surface area (Å²) in [5.41, 5.74) is 0. The van der Waals surface area contributed by atoms with Gasteiger partial charge in [-0.05, 0) is 24.4 Å². The zero-order valence-corrected chi connectivity index (χ0v) is 10.2. The molecule has 3 heteroatoms. The summed E-state index contributed by atoms with van der Waals surface area (Å²) in [5, 5.41) is -0.202. The second kappa shape index (κ2) is 11.3. The topological polar surface area (TPSA) is 17.1 Å². The first-order chi connectivity index (χ1) is 6.77. The van der Waals surface area contributed by atoms with E-state index in [-0.39, 0.29) is 5.24 Å². The molecule has 0 radical (unpaired) electrons. The number of alkyl halides is 1. The Kier molecular flexibility index (Phi) is 11.5. The van der Waals surface area contributed by atoms with Crippen LogP contribution in [0.2, 0.25) is 0 Å². The Morgan fingerprint density at radius 2 is 1.21 bits per heavy atom. The van der Waals surface area contributed by atoms with Crippen LogP contribution in [0, 0.1) is 0 Å². The molecule has 0 bridgehead atoms. The SMILES string of the molecule is O=C(Cl)CCCCCCCCCCCl. The molecule has 14 heavy (non-hydrogen) atoms. The van der Waals surface area contributed by atoms with Crippen LogP contribution in [-0.4, -0.2) is 11.1 Å². The number of carbonyl (C=O) groups excluding carboxylic acids is 1. The van der Waals surface area contributed by atoms with Gasteiger partial charge >= 0.3 is 0 Å². The van der Waals surface area contributed by atoms with Crippen LogP contribution in [0.4, 0.5) is 0 Å². The first-order valence-electron chi connectivity index (χ1n) is 5.51. The molecule has 84 valence electrons. The van der Waals surface area contributed by atoms with Crippen LogP contribution < -0.4 is 0 Å². The van der Waals surface area contributed by atoms with Crippen molar-refractivity contribution in [2.24, 2.45) is 0 Å². The molecule has 0 atom stereocenters. The van der Waals surface area contributed by atoms with Crippen molar-refractivity contribution in [1.29, 1.82) is 0 Å². The largest absolute Gasteiger partial charge is 0.281 e. The molecule has 0 aliphatic carbocycles. The number of hydrogen-bond donors (Lipinski definition) is 0. The molecule has 1 nitrogen and oxygen atoms in total. The highest BCUT2D eigenvalue weighted by Gasteiger charge is 1.95. The van der Waals surface area contributed by atoms with Gasteiger partial charge in [-0.25, -0.2) is 0 Å². The smallest absolute Gasteiger partial charge is 0.221 e. The van der Waals surface area contributed by atoms with Crippen molar-refractivity contribution < 1.29 is 4.79 Å². The lowest BCUT2D eigenvalue weighted by molar-refractivity contribution is -0.111. The van der Waals surface area contributed by atoms with Crippen molar-refractivity contribution in [3.05, 3.63) is 0 Å². The van der Waals surface area contributed by atoms with Crippen molar-refractivity contribution in [2.75, 3.05) is 5.88 Å². The molecule has 0 saturated heterocycles. The van der Waals surface area contributed by atoms with E-state index < -0.39 is 0 Å². The van der Waals surface area contributed by atoms with Gasteiger partial charge in [0.1, 0.15) is 0 Å². The van der Waals surface area contributed by atoms with Crippen LogP contribution in [0.5, 0.6) is 0 Å². The number of rotatable bonds is 10. The average Bonchev–Trinajstić information content (AvgIpc) is 2.15. The maximum atomic E-state index is 10.4. The molecule has 0 amide bonds. The monoisotopic (exact) mass is 238 g/mol.